The van der Waals surface area contributed by atoms with Crippen LogP contribution in [0.3, 0.4) is 0 Å². The molecule has 0 saturated carbocycles. The Hall–Kier alpha value is -1.62. The summed E-state index contributed by atoms with van der Waals surface area (Å²) in [5, 5.41) is 0.787. The molecule has 4 nitrogen and oxygen atoms in total. The number of nitrogens with zero attached hydrogens (tertiary/aromatic N) is 2. The molecule has 20 heavy (non-hydrogen) atoms. The predicted octanol–water partition coefficient (Wildman–Crippen LogP) is 3.21. The van der Waals surface area contributed by atoms with E-state index in [4.69, 9.17) is 17.4 Å². The third kappa shape index (κ3) is 3.28. The van der Waals surface area contributed by atoms with Gasteiger partial charge in [0, 0.05) is 29.4 Å². The van der Waals surface area contributed by atoms with E-state index >= 15 is 0 Å². The van der Waals surface area contributed by atoms with Crippen LogP contribution in [0.5, 0.6) is 0 Å². The van der Waals surface area contributed by atoms with Gasteiger partial charge in [-0.1, -0.05) is 35.9 Å². The van der Waals surface area contributed by atoms with E-state index in [-0.39, 0.29) is 6.04 Å². The maximum atomic E-state index is 6.25. The van der Waals surface area contributed by atoms with Crippen molar-refractivity contribution in [2.75, 3.05) is 12.5 Å². The minimum Gasteiger partial charge on any atom is -0.308 e. The van der Waals surface area contributed by atoms with Crippen molar-refractivity contribution in [2.24, 2.45) is 5.84 Å². The fourth-order valence-electron chi connectivity index (χ4n) is 2.15. The first-order valence-corrected chi connectivity index (χ1v) is 6.86. The summed E-state index contributed by atoms with van der Waals surface area (Å²) < 4.78 is 0. The summed E-state index contributed by atoms with van der Waals surface area (Å²) in [6, 6.07) is 12.0. The second kappa shape index (κ2) is 6.70. The van der Waals surface area contributed by atoms with E-state index in [1.807, 2.05) is 30.3 Å². The lowest BCUT2D eigenvalue weighted by atomic mass is 10.1. The number of benzene rings is 1. The van der Waals surface area contributed by atoms with Gasteiger partial charge in [0.1, 0.15) is 5.82 Å². The molecule has 2 rings (SSSR count). The summed E-state index contributed by atoms with van der Waals surface area (Å²) in [6.45, 7) is 2.87. The van der Waals surface area contributed by atoms with Crippen LogP contribution in [0.4, 0.5) is 5.82 Å². The Balaban J connectivity index is 2.16. The van der Waals surface area contributed by atoms with Gasteiger partial charge in [0.2, 0.25) is 0 Å². The van der Waals surface area contributed by atoms with E-state index in [2.05, 4.69) is 35.3 Å². The Labute approximate surface area is 124 Å². The van der Waals surface area contributed by atoms with Gasteiger partial charge in [0.05, 0.1) is 0 Å². The van der Waals surface area contributed by atoms with Crippen LogP contribution in [0.15, 0.2) is 42.6 Å². The Morgan fingerprint density at radius 3 is 2.75 bits per heavy atom. The molecular weight excluding hydrogens is 272 g/mol. The average Bonchev–Trinajstić information content (AvgIpc) is 2.47. The highest BCUT2D eigenvalue weighted by atomic mass is 35.5. The molecule has 0 bridgehead atoms. The van der Waals surface area contributed by atoms with E-state index in [0.717, 1.165) is 22.7 Å². The third-order valence-electron chi connectivity index (χ3n) is 3.46. The number of halogens is 1. The molecule has 0 amide bonds. The number of rotatable bonds is 5. The molecule has 2 aromatic rings. The van der Waals surface area contributed by atoms with Crippen LogP contribution < -0.4 is 11.3 Å². The van der Waals surface area contributed by atoms with Gasteiger partial charge in [-0.25, -0.2) is 10.8 Å². The monoisotopic (exact) mass is 290 g/mol. The first kappa shape index (κ1) is 14.8. The number of hydrazine groups is 1. The van der Waals surface area contributed by atoms with E-state index in [1.165, 1.54) is 0 Å². The molecular formula is C15H19ClN4. The van der Waals surface area contributed by atoms with Gasteiger partial charge in [-0.05, 0) is 31.7 Å². The van der Waals surface area contributed by atoms with Crippen LogP contribution in [0.1, 0.15) is 24.1 Å². The van der Waals surface area contributed by atoms with Crippen molar-refractivity contribution in [3.63, 3.8) is 0 Å². The molecule has 1 aromatic heterocycles. The standard InChI is InChI=1S/C15H19ClN4/c1-11(13-7-3-4-8-14(13)16)20(2)10-12-6-5-9-18-15(12)19-17/h3-9,11H,10,17H2,1-2H3,(H,18,19). The molecule has 1 aromatic carbocycles. The van der Waals surface area contributed by atoms with Gasteiger partial charge < -0.3 is 5.43 Å². The fourth-order valence-corrected chi connectivity index (χ4v) is 2.45. The Kier molecular flexibility index (Phi) is 4.95. The van der Waals surface area contributed by atoms with Crippen molar-refractivity contribution < 1.29 is 0 Å². The molecule has 1 unspecified atom stereocenters. The molecule has 0 radical (unpaired) electrons. The Bertz CT molecular complexity index is 573. The fraction of sp³-hybridized carbons (Fsp3) is 0.267. The second-order valence-corrected chi connectivity index (χ2v) is 5.18. The minimum absolute atomic E-state index is 0.203. The summed E-state index contributed by atoms with van der Waals surface area (Å²) in [7, 11) is 2.06. The summed E-state index contributed by atoms with van der Waals surface area (Å²) in [5.74, 6) is 6.19. The normalized spacial score (nSPS) is 12.4. The van der Waals surface area contributed by atoms with Crippen LogP contribution >= 0.6 is 11.6 Å². The van der Waals surface area contributed by atoms with E-state index in [0.29, 0.717) is 5.82 Å². The molecule has 5 heteroatoms. The van der Waals surface area contributed by atoms with Crippen LogP contribution in [-0.2, 0) is 6.54 Å². The lowest BCUT2D eigenvalue weighted by Crippen LogP contribution is -2.23. The van der Waals surface area contributed by atoms with Gasteiger partial charge in [-0.2, -0.15) is 0 Å². The lowest BCUT2D eigenvalue weighted by molar-refractivity contribution is 0.253. The molecule has 0 saturated heterocycles. The van der Waals surface area contributed by atoms with Crippen molar-refractivity contribution in [2.45, 2.75) is 19.5 Å². The lowest BCUT2D eigenvalue weighted by Gasteiger charge is -2.26. The minimum atomic E-state index is 0.203. The molecule has 0 fully saturated rings. The first-order valence-electron chi connectivity index (χ1n) is 6.48. The zero-order valence-electron chi connectivity index (χ0n) is 11.7. The second-order valence-electron chi connectivity index (χ2n) is 4.77. The summed E-state index contributed by atoms with van der Waals surface area (Å²) in [4.78, 5) is 6.42. The number of nitrogen functional groups attached to an aromatic ring is 1. The number of aromatic nitrogens is 1. The summed E-state index contributed by atoms with van der Waals surface area (Å²) >= 11 is 6.25. The summed E-state index contributed by atoms with van der Waals surface area (Å²) in [5.41, 5.74) is 4.79. The number of pyridine rings is 1. The highest BCUT2D eigenvalue weighted by Crippen LogP contribution is 2.27. The topological polar surface area (TPSA) is 54.2 Å². The Morgan fingerprint density at radius 2 is 2.05 bits per heavy atom. The van der Waals surface area contributed by atoms with Gasteiger partial charge in [0.15, 0.2) is 0 Å². The predicted molar refractivity (Wildman–Crippen MR) is 83.4 cm³/mol. The van der Waals surface area contributed by atoms with Gasteiger partial charge in [-0.3, -0.25) is 4.90 Å². The SMILES string of the molecule is CC(c1ccccc1Cl)N(C)Cc1cccnc1NN. The van der Waals surface area contributed by atoms with Crippen molar-refractivity contribution in [1.82, 2.24) is 9.88 Å². The number of nitrogens with one attached hydrogen (secondary N) is 1. The molecule has 1 heterocycles. The number of nitrogens with two attached hydrogens (primary N) is 1. The largest absolute Gasteiger partial charge is 0.308 e. The molecule has 0 aliphatic carbocycles. The smallest absolute Gasteiger partial charge is 0.144 e. The molecule has 106 valence electrons. The van der Waals surface area contributed by atoms with Crippen molar-refractivity contribution in [3.8, 4) is 0 Å². The van der Waals surface area contributed by atoms with Crippen molar-refractivity contribution in [1.29, 1.82) is 0 Å². The van der Waals surface area contributed by atoms with Crippen LogP contribution in [0.2, 0.25) is 5.02 Å². The highest BCUT2D eigenvalue weighted by molar-refractivity contribution is 6.31. The third-order valence-corrected chi connectivity index (χ3v) is 3.81. The first-order chi connectivity index (χ1) is 9.63. The maximum absolute atomic E-state index is 6.25. The highest BCUT2D eigenvalue weighted by Gasteiger charge is 2.15. The van der Waals surface area contributed by atoms with Gasteiger partial charge >= 0.3 is 0 Å². The molecule has 0 spiro atoms. The van der Waals surface area contributed by atoms with E-state index in [1.54, 1.807) is 6.20 Å². The zero-order valence-corrected chi connectivity index (χ0v) is 12.4. The molecule has 0 aliphatic rings. The van der Waals surface area contributed by atoms with Crippen LogP contribution in [0, 0.1) is 0 Å². The van der Waals surface area contributed by atoms with E-state index < -0.39 is 0 Å². The van der Waals surface area contributed by atoms with Crippen molar-refractivity contribution in [3.05, 3.63) is 58.7 Å². The number of anilines is 1. The maximum Gasteiger partial charge on any atom is 0.144 e. The zero-order chi connectivity index (χ0) is 14.5. The van der Waals surface area contributed by atoms with Gasteiger partial charge in [-0.15, -0.1) is 0 Å². The number of hydrogen-bond acceptors (Lipinski definition) is 4. The quantitative estimate of drug-likeness (QED) is 0.656. The average molecular weight is 291 g/mol. The molecule has 1 atom stereocenters. The molecule has 0 aliphatic heterocycles. The summed E-state index contributed by atoms with van der Waals surface area (Å²) in [6.07, 6.45) is 1.72. The van der Waals surface area contributed by atoms with Crippen LogP contribution in [-0.4, -0.2) is 16.9 Å². The molecule has 3 N–H and O–H groups in total. The number of hydrogen-bond donors (Lipinski definition) is 2. The van der Waals surface area contributed by atoms with E-state index in [9.17, 15) is 0 Å². The van der Waals surface area contributed by atoms with Crippen LogP contribution in [0.25, 0.3) is 0 Å². The Morgan fingerprint density at radius 1 is 1.30 bits per heavy atom. The van der Waals surface area contributed by atoms with Gasteiger partial charge in [0.25, 0.3) is 0 Å². The van der Waals surface area contributed by atoms with Crippen molar-refractivity contribution >= 4 is 17.4 Å².